The Balaban J connectivity index is 2.83. The summed E-state index contributed by atoms with van der Waals surface area (Å²) >= 11 is 0. The molecule has 2 rings (SSSR count). The molecule has 0 aliphatic rings. The van der Waals surface area contributed by atoms with Gasteiger partial charge >= 0.3 is 5.97 Å². The Labute approximate surface area is 136 Å². The molecule has 4 heteroatoms. The average Bonchev–Trinajstić information content (AvgIpc) is 2.45. The molecule has 0 aliphatic heterocycles. The van der Waals surface area contributed by atoms with Gasteiger partial charge in [0.1, 0.15) is 5.82 Å². The Kier molecular flexibility index (Phi) is 4.55. The van der Waals surface area contributed by atoms with Crippen molar-refractivity contribution in [2.75, 3.05) is 0 Å². The number of halogens is 1. The average molecular weight is 315 g/mol. The molecule has 1 N–H and O–H groups in total. The predicted octanol–water partition coefficient (Wildman–Crippen LogP) is 5.01. The number of carbonyl (C=O) groups is 1. The summed E-state index contributed by atoms with van der Waals surface area (Å²) in [6.45, 7) is 9.96. The summed E-state index contributed by atoms with van der Waals surface area (Å²) in [6, 6.07) is 7.70. The quantitative estimate of drug-likeness (QED) is 0.866. The second-order valence-electron chi connectivity index (χ2n) is 7.03. The zero-order chi connectivity index (χ0) is 17.4. The van der Waals surface area contributed by atoms with Crippen molar-refractivity contribution >= 4 is 5.97 Å². The molecule has 0 atom stereocenters. The third kappa shape index (κ3) is 3.58. The number of carboxylic acid groups (broad SMARTS) is 1. The largest absolute Gasteiger partial charge is 0.478 e. The van der Waals surface area contributed by atoms with Crippen molar-refractivity contribution < 1.29 is 14.3 Å². The highest BCUT2D eigenvalue weighted by Gasteiger charge is 2.25. The first-order chi connectivity index (χ1) is 10.6. The second-order valence-corrected chi connectivity index (χ2v) is 7.03. The van der Waals surface area contributed by atoms with E-state index in [0.717, 1.165) is 5.69 Å². The van der Waals surface area contributed by atoms with E-state index < -0.39 is 5.97 Å². The van der Waals surface area contributed by atoms with Crippen LogP contribution in [0.4, 0.5) is 4.39 Å². The van der Waals surface area contributed by atoms with E-state index in [2.05, 4.69) is 4.98 Å². The molecule has 0 radical (unpaired) electrons. The molecule has 0 saturated carbocycles. The van der Waals surface area contributed by atoms with E-state index in [9.17, 15) is 14.3 Å². The van der Waals surface area contributed by atoms with Crippen molar-refractivity contribution in [1.82, 2.24) is 4.98 Å². The number of aromatic nitrogens is 1. The van der Waals surface area contributed by atoms with Gasteiger partial charge < -0.3 is 5.11 Å². The van der Waals surface area contributed by atoms with Crippen molar-refractivity contribution in [2.45, 2.75) is 46.0 Å². The maximum absolute atomic E-state index is 13.2. The summed E-state index contributed by atoms with van der Waals surface area (Å²) in [5.74, 6) is -1.39. The molecule has 122 valence electrons. The maximum atomic E-state index is 13.2. The van der Waals surface area contributed by atoms with Gasteiger partial charge in [-0.3, -0.25) is 4.98 Å². The lowest BCUT2D eigenvalue weighted by Gasteiger charge is -2.23. The Morgan fingerprint density at radius 3 is 2.17 bits per heavy atom. The minimum atomic E-state index is -1.01. The van der Waals surface area contributed by atoms with Crippen LogP contribution in [0.5, 0.6) is 0 Å². The zero-order valence-electron chi connectivity index (χ0n) is 14.1. The van der Waals surface area contributed by atoms with Gasteiger partial charge in [0.2, 0.25) is 0 Å². The van der Waals surface area contributed by atoms with E-state index in [1.807, 2.05) is 40.7 Å². The van der Waals surface area contributed by atoms with Crippen LogP contribution in [0.25, 0.3) is 11.1 Å². The van der Waals surface area contributed by atoms with Crippen LogP contribution in [0.1, 0.15) is 62.3 Å². The first-order valence-electron chi connectivity index (χ1n) is 7.66. The third-order valence-electron chi connectivity index (χ3n) is 3.73. The molecule has 1 aromatic carbocycles. The number of nitrogens with zero attached hydrogens (tertiary/aromatic N) is 1. The number of benzene rings is 1. The number of aromatic carboxylic acids is 1. The zero-order valence-corrected chi connectivity index (χ0v) is 14.1. The van der Waals surface area contributed by atoms with Gasteiger partial charge in [-0.1, -0.05) is 46.8 Å². The lowest BCUT2D eigenvalue weighted by atomic mass is 9.86. The van der Waals surface area contributed by atoms with Gasteiger partial charge in [0.25, 0.3) is 0 Å². The van der Waals surface area contributed by atoms with E-state index in [0.29, 0.717) is 16.8 Å². The van der Waals surface area contributed by atoms with Crippen molar-refractivity contribution in [3.8, 4) is 11.1 Å². The number of carboxylic acids is 1. The van der Waals surface area contributed by atoms with Crippen LogP contribution < -0.4 is 0 Å². The van der Waals surface area contributed by atoms with Crippen LogP contribution in [-0.4, -0.2) is 16.1 Å². The minimum absolute atomic E-state index is 0.0254. The summed E-state index contributed by atoms with van der Waals surface area (Å²) in [5.41, 5.74) is 2.63. The van der Waals surface area contributed by atoms with Crippen LogP contribution in [0, 0.1) is 5.82 Å². The van der Waals surface area contributed by atoms with Gasteiger partial charge in [-0.25, -0.2) is 9.18 Å². The number of hydrogen-bond acceptors (Lipinski definition) is 2. The molecular weight excluding hydrogens is 293 g/mol. The Morgan fingerprint density at radius 1 is 1.17 bits per heavy atom. The number of rotatable bonds is 3. The van der Waals surface area contributed by atoms with Crippen molar-refractivity contribution in [2.24, 2.45) is 0 Å². The monoisotopic (exact) mass is 315 g/mol. The fraction of sp³-hybridized carbons (Fsp3) is 0.368. The second kappa shape index (κ2) is 6.11. The summed E-state index contributed by atoms with van der Waals surface area (Å²) in [7, 11) is 0. The number of hydrogen-bond donors (Lipinski definition) is 1. The van der Waals surface area contributed by atoms with E-state index in [1.165, 1.54) is 12.1 Å². The smallest absolute Gasteiger partial charge is 0.338 e. The summed E-state index contributed by atoms with van der Waals surface area (Å²) in [5, 5.41) is 9.69. The Morgan fingerprint density at radius 2 is 1.74 bits per heavy atom. The molecule has 0 bridgehead atoms. The van der Waals surface area contributed by atoms with Gasteiger partial charge in [0.05, 0.1) is 11.3 Å². The lowest BCUT2D eigenvalue weighted by Crippen LogP contribution is -2.18. The molecule has 0 fully saturated rings. The van der Waals surface area contributed by atoms with E-state index >= 15 is 0 Å². The molecule has 1 heterocycles. The highest BCUT2D eigenvalue weighted by molar-refractivity contribution is 5.97. The fourth-order valence-electron chi connectivity index (χ4n) is 2.45. The van der Waals surface area contributed by atoms with Gasteiger partial charge in [0.15, 0.2) is 0 Å². The molecular formula is C19H22FNO2. The molecule has 2 aromatic rings. The topological polar surface area (TPSA) is 50.2 Å². The van der Waals surface area contributed by atoms with Gasteiger partial charge in [-0.05, 0) is 35.2 Å². The van der Waals surface area contributed by atoms with E-state index in [4.69, 9.17) is 0 Å². The SMILES string of the molecule is CC(C)c1nc(C(C)(C)C)cc(-c2ccc(F)cc2)c1C(=O)O. The molecule has 23 heavy (non-hydrogen) atoms. The molecule has 0 amide bonds. The predicted molar refractivity (Wildman–Crippen MR) is 89.4 cm³/mol. The lowest BCUT2D eigenvalue weighted by molar-refractivity contribution is 0.0695. The van der Waals surface area contributed by atoms with Crippen LogP contribution in [0.3, 0.4) is 0 Å². The van der Waals surface area contributed by atoms with E-state index in [1.54, 1.807) is 12.1 Å². The number of pyridine rings is 1. The van der Waals surface area contributed by atoms with Crippen LogP contribution in [0.2, 0.25) is 0 Å². The summed E-state index contributed by atoms with van der Waals surface area (Å²) < 4.78 is 13.2. The first kappa shape index (κ1) is 17.1. The van der Waals surface area contributed by atoms with Crippen LogP contribution in [0.15, 0.2) is 30.3 Å². The summed E-state index contributed by atoms with van der Waals surface area (Å²) in [6.07, 6.45) is 0. The fourth-order valence-corrected chi connectivity index (χ4v) is 2.45. The van der Waals surface area contributed by atoms with Crippen molar-refractivity contribution in [3.63, 3.8) is 0 Å². The summed E-state index contributed by atoms with van der Waals surface area (Å²) in [4.78, 5) is 16.4. The third-order valence-corrected chi connectivity index (χ3v) is 3.73. The molecule has 3 nitrogen and oxygen atoms in total. The standard InChI is InChI=1S/C19H22FNO2/c1-11(2)17-16(18(22)23)14(10-15(21-17)19(3,4)5)12-6-8-13(20)9-7-12/h6-11H,1-5H3,(H,22,23). The van der Waals surface area contributed by atoms with Crippen molar-refractivity contribution in [3.05, 3.63) is 53.1 Å². The van der Waals surface area contributed by atoms with Crippen LogP contribution >= 0.6 is 0 Å². The van der Waals surface area contributed by atoms with Crippen molar-refractivity contribution in [1.29, 1.82) is 0 Å². The molecule has 0 spiro atoms. The maximum Gasteiger partial charge on any atom is 0.338 e. The molecule has 0 aliphatic carbocycles. The van der Waals surface area contributed by atoms with Gasteiger partial charge in [0, 0.05) is 11.1 Å². The minimum Gasteiger partial charge on any atom is -0.478 e. The highest BCUT2D eigenvalue weighted by atomic mass is 19.1. The normalized spacial score (nSPS) is 11.8. The first-order valence-corrected chi connectivity index (χ1v) is 7.66. The van der Waals surface area contributed by atoms with Gasteiger partial charge in [-0.2, -0.15) is 0 Å². The van der Waals surface area contributed by atoms with E-state index in [-0.39, 0.29) is 22.7 Å². The Hall–Kier alpha value is -2.23. The highest BCUT2D eigenvalue weighted by Crippen LogP contribution is 2.33. The molecule has 0 saturated heterocycles. The molecule has 1 aromatic heterocycles. The molecule has 0 unspecified atom stereocenters. The van der Waals surface area contributed by atoms with Crippen LogP contribution in [-0.2, 0) is 5.41 Å². The Bertz CT molecular complexity index is 728. The van der Waals surface area contributed by atoms with Gasteiger partial charge in [-0.15, -0.1) is 0 Å².